The van der Waals surface area contributed by atoms with Crippen molar-refractivity contribution >= 4 is 40.0 Å². The number of halogens is 4. The van der Waals surface area contributed by atoms with Crippen LogP contribution < -0.4 is 16.7 Å². The maximum absolute atomic E-state index is 13.6. The molecular weight excluding hydrogens is 523 g/mol. The van der Waals surface area contributed by atoms with E-state index in [1.807, 2.05) is 0 Å². The molecule has 0 saturated heterocycles. The van der Waals surface area contributed by atoms with E-state index in [-0.39, 0.29) is 17.0 Å². The Labute approximate surface area is 219 Å². The molecule has 11 heteroatoms. The molecule has 0 unspecified atom stereocenters. The highest BCUT2D eigenvalue weighted by Gasteiger charge is 2.34. The Morgan fingerprint density at radius 2 is 1.87 bits per heavy atom. The maximum atomic E-state index is 13.6. The van der Waals surface area contributed by atoms with E-state index >= 15 is 0 Å². The van der Waals surface area contributed by atoms with Crippen molar-refractivity contribution in [2.75, 3.05) is 5.32 Å². The Hall–Kier alpha value is -4.31. The number of alkyl halides is 3. The van der Waals surface area contributed by atoms with Crippen molar-refractivity contribution in [2.45, 2.75) is 26.4 Å². The normalized spacial score (nSPS) is 12.1. The van der Waals surface area contributed by atoms with E-state index in [4.69, 9.17) is 27.0 Å². The molecule has 1 heterocycles. The molecule has 1 amide bonds. The van der Waals surface area contributed by atoms with Gasteiger partial charge in [-0.1, -0.05) is 46.6 Å². The lowest BCUT2D eigenvalue weighted by Crippen LogP contribution is -2.22. The molecule has 4 aromatic rings. The Morgan fingerprint density at radius 3 is 2.55 bits per heavy atom. The summed E-state index contributed by atoms with van der Waals surface area (Å²) in [6, 6.07) is 13.1. The van der Waals surface area contributed by atoms with Crippen molar-refractivity contribution < 1.29 is 27.6 Å². The molecule has 196 valence electrons. The number of oxime groups is 1. The zero-order valence-electron chi connectivity index (χ0n) is 20.1. The lowest BCUT2D eigenvalue weighted by molar-refractivity contribution is -0.137. The third kappa shape index (κ3) is 5.35. The first-order chi connectivity index (χ1) is 17.9. The van der Waals surface area contributed by atoms with Crippen LogP contribution in [0.4, 0.5) is 18.9 Å². The van der Waals surface area contributed by atoms with Gasteiger partial charge in [0.2, 0.25) is 5.91 Å². The molecule has 0 aliphatic rings. The summed E-state index contributed by atoms with van der Waals surface area (Å²) in [6.07, 6.45) is -5.29. The number of hydrogen-bond acceptors (Lipinski definition) is 5. The summed E-state index contributed by atoms with van der Waals surface area (Å²) in [5.74, 6) is -1.04. The number of hydrogen-bond donors (Lipinski definition) is 3. The van der Waals surface area contributed by atoms with Gasteiger partial charge in [-0.2, -0.15) is 13.2 Å². The fraction of sp³-hybridized carbons (Fsp3) is 0.148. The second-order valence-corrected chi connectivity index (χ2v) is 9.09. The Balaban J connectivity index is 1.87. The van der Waals surface area contributed by atoms with Crippen LogP contribution in [0, 0.1) is 13.8 Å². The Kier molecular flexibility index (Phi) is 7.19. The van der Waals surface area contributed by atoms with Gasteiger partial charge in [-0.25, -0.2) is 4.79 Å². The van der Waals surface area contributed by atoms with Gasteiger partial charge in [0.05, 0.1) is 23.2 Å². The van der Waals surface area contributed by atoms with Gasteiger partial charge in [-0.15, -0.1) is 0 Å². The Morgan fingerprint density at radius 1 is 1.13 bits per heavy atom. The van der Waals surface area contributed by atoms with Crippen LogP contribution >= 0.6 is 11.6 Å². The lowest BCUT2D eigenvalue weighted by atomic mass is 9.93. The number of fused-ring (bicyclic) bond motifs is 1. The van der Waals surface area contributed by atoms with Crippen LogP contribution in [0.2, 0.25) is 5.02 Å². The topological polar surface area (TPSA) is 118 Å². The molecule has 3 aromatic carbocycles. The minimum atomic E-state index is -4.70. The van der Waals surface area contributed by atoms with E-state index in [2.05, 4.69) is 10.5 Å². The predicted molar refractivity (Wildman–Crippen MR) is 139 cm³/mol. The van der Waals surface area contributed by atoms with E-state index in [1.165, 1.54) is 19.1 Å². The van der Waals surface area contributed by atoms with Crippen molar-refractivity contribution in [3.63, 3.8) is 0 Å². The SMILES string of the molecule is Cc1ccc(NC(=O)Cc2c(-c3cccc(/C(N)=N/O)c3)c3cc(C)c(Cl)cc3oc2=O)c(C(F)(F)F)c1. The standard InChI is InChI=1S/C27H21ClF3N3O4/c1-13-6-7-21(19(8-13)27(29,30)31)33-23(35)11-18-24(15-4-3-5-16(10-15)25(32)34-37)17-9-14(2)20(28)12-22(17)38-26(18)36/h3-10,12,37H,11H2,1-2H3,(H2,32,34)(H,33,35). The van der Waals surface area contributed by atoms with Gasteiger partial charge in [0.15, 0.2) is 5.84 Å². The molecule has 0 aliphatic carbocycles. The highest BCUT2D eigenvalue weighted by Crippen LogP contribution is 2.37. The van der Waals surface area contributed by atoms with Crippen molar-refractivity contribution in [1.29, 1.82) is 0 Å². The number of amidine groups is 1. The number of carbonyl (C=O) groups is 1. The number of amides is 1. The van der Waals surface area contributed by atoms with E-state index in [1.54, 1.807) is 37.3 Å². The van der Waals surface area contributed by atoms with Crippen LogP contribution in [-0.2, 0) is 17.4 Å². The van der Waals surface area contributed by atoms with Crippen molar-refractivity contribution in [2.24, 2.45) is 10.9 Å². The zero-order valence-corrected chi connectivity index (χ0v) is 20.9. The Bertz CT molecular complexity index is 1660. The second kappa shape index (κ2) is 10.2. The highest BCUT2D eigenvalue weighted by molar-refractivity contribution is 6.32. The third-order valence-corrected chi connectivity index (χ3v) is 6.33. The van der Waals surface area contributed by atoms with Gasteiger partial charge in [0, 0.05) is 27.6 Å². The number of aryl methyl sites for hydroxylation is 2. The molecule has 4 rings (SSSR count). The maximum Gasteiger partial charge on any atom is 0.418 e. The molecule has 0 spiro atoms. The first-order valence-electron chi connectivity index (χ1n) is 11.2. The van der Waals surface area contributed by atoms with Gasteiger partial charge in [-0.05, 0) is 49.2 Å². The summed E-state index contributed by atoms with van der Waals surface area (Å²) in [6.45, 7) is 3.25. The van der Waals surface area contributed by atoms with Crippen LogP contribution in [0.5, 0.6) is 0 Å². The van der Waals surface area contributed by atoms with Crippen molar-refractivity contribution in [1.82, 2.24) is 0 Å². The predicted octanol–water partition coefficient (Wildman–Crippen LogP) is 6.02. The molecule has 0 radical (unpaired) electrons. The van der Waals surface area contributed by atoms with Crippen LogP contribution in [0.3, 0.4) is 0 Å². The van der Waals surface area contributed by atoms with Gasteiger partial charge in [0.1, 0.15) is 5.58 Å². The van der Waals surface area contributed by atoms with E-state index in [0.29, 0.717) is 38.2 Å². The highest BCUT2D eigenvalue weighted by atomic mass is 35.5. The van der Waals surface area contributed by atoms with Gasteiger partial charge < -0.3 is 20.7 Å². The smallest absolute Gasteiger partial charge is 0.418 e. The van der Waals surface area contributed by atoms with Crippen LogP contribution in [0.15, 0.2) is 69.0 Å². The second-order valence-electron chi connectivity index (χ2n) is 8.68. The molecule has 0 aliphatic heterocycles. The molecule has 0 fully saturated rings. The summed E-state index contributed by atoms with van der Waals surface area (Å²) in [5.41, 5.74) is 5.60. The summed E-state index contributed by atoms with van der Waals surface area (Å²) in [7, 11) is 0. The summed E-state index contributed by atoms with van der Waals surface area (Å²) in [4.78, 5) is 26.1. The van der Waals surface area contributed by atoms with Gasteiger partial charge in [-0.3, -0.25) is 4.79 Å². The molecule has 7 nitrogen and oxygen atoms in total. The van der Waals surface area contributed by atoms with E-state index in [9.17, 15) is 22.8 Å². The van der Waals surface area contributed by atoms with Gasteiger partial charge in [0.25, 0.3) is 0 Å². The molecule has 0 saturated carbocycles. The lowest BCUT2D eigenvalue weighted by Gasteiger charge is -2.16. The number of nitrogens with zero attached hydrogens (tertiary/aromatic N) is 1. The third-order valence-electron chi connectivity index (χ3n) is 5.93. The van der Waals surface area contributed by atoms with Crippen molar-refractivity contribution in [3.8, 4) is 11.1 Å². The molecule has 0 bridgehead atoms. The van der Waals surface area contributed by atoms with Crippen LogP contribution in [-0.4, -0.2) is 17.0 Å². The number of carbonyl (C=O) groups excluding carboxylic acids is 1. The van der Waals surface area contributed by atoms with E-state index < -0.39 is 35.4 Å². The number of benzene rings is 3. The fourth-order valence-corrected chi connectivity index (χ4v) is 4.26. The number of anilines is 1. The van der Waals surface area contributed by atoms with Crippen LogP contribution in [0.25, 0.3) is 22.1 Å². The molecule has 1 aromatic heterocycles. The minimum Gasteiger partial charge on any atom is -0.422 e. The first-order valence-corrected chi connectivity index (χ1v) is 11.6. The monoisotopic (exact) mass is 543 g/mol. The minimum absolute atomic E-state index is 0.0888. The average Bonchev–Trinajstić information content (AvgIpc) is 2.86. The summed E-state index contributed by atoms with van der Waals surface area (Å²) in [5, 5.41) is 15.1. The average molecular weight is 544 g/mol. The summed E-state index contributed by atoms with van der Waals surface area (Å²) >= 11 is 6.22. The molecule has 38 heavy (non-hydrogen) atoms. The molecule has 0 atom stereocenters. The number of nitrogens with one attached hydrogen (secondary N) is 1. The largest absolute Gasteiger partial charge is 0.422 e. The van der Waals surface area contributed by atoms with Gasteiger partial charge >= 0.3 is 11.8 Å². The number of rotatable bonds is 5. The van der Waals surface area contributed by atoms with E-state index in [0.717, 1.165) is 12.1 Å². The fourth-order valence-electron chi connectivity index (χ4n) is 4.11. The summed E-state index contributed by atoms with van der Waals surface area (Å²) < 4.78 is 46.1. The quantitative estimate of drug-likeness (QED) is 0.0934. The first kappa shape index (κ1) is 26.7. The number of nitrogens with two attached hydrogens (primary N) is 1. The molecule has 4 N–H and O–H groups in total. The van der Waals surface area contributed by atoms with Crippen LogP contribution in [0.1, 0.15) is 27.8 Å². The van der Waals surface area contributed by atoms with Crippen molar-refractivity contribution in [3.05, 3.63) is 97.9 Å². The zero-order chi connectivity index (χ0) is 27.8. The molecular formula is C27H21ClF3N3O4.